The number of benzene rings is 2. The van der Waals surface area contributed by atoms with Crippen LogP contribution < -0.4 is 5.32 Å². The van der Waals surface area contributed by atoms with Crippen LogP contribution in [0.3, 0.4) is 0 Å². The molecule has 1 atom stereocenters. The number of carboxylic acids is 1. The van der Waals surface area contributed by atoms with Crippen LogP contribution in [-0.4, -0.2) is 50.4 Å². The Morgan fingerprint density at radius 3 is 2.61 bits per heavy atom. The Morgan fingerprint density at radius 2 is 1.94 bits per heavy atom. The number of nitrogens with zero attached hydrogens (tertiary/aromatic N) is 3. The molecule has 1 aliphatic carbocycles. The van der Waals surface area contributed by atoms with Crippen molar-refractivity contribution < 1.29 is 24.2 Å². The monoisotopic (exact) mass is 510 g/mol. The normalized spacial score (nSPS) is 23.2. The van der Waals surface area contributed by atoms with Gasteiger partial charge in [-0.1, -0.05) is 30.7 Å². The van der Waals surface area contributed by atoms with Crippen LogP contribution in [0.2, 0.25) is 5.02 Å². The second kappa shape index (κ2) is 9.48. The zero-order valence-corrected chi connectivity index (χ0v) is 20.7. The van der Waals surface area contributed by atoms with Gasteiger partial charge in [-0.3, -0.25) is 19.9 Å². The average molecular weight is 511 g/mol. The van der Waals surface area contributed by atoms with Gasteiger partial charge in [-0.25, -0.2) is 9.79 Å². The van der Waals surface area contributed by atoms with Gasteiger partial charge in [0.15, 0.2) is 0 Å². The largest absolute Gasteiger partial charge is 0.481 e. The number of aliphatic imine (C=N–C) groups is 1. The van der Waals surface area contributed by atoms with Gasteiger partial charge in [0.25, 0.3) is 0 Å². The lowest BCUT2D eigenvalue weighted by Crippen LogP contribution is -2.69. The summed E-state index contributed by atoms with van der Waals surface area (Å²) in [4.78, 5) is 31.9. The number of aliphatic hydroxyl groups is 1. The van der Waals surface area contributed by atoms with Crippen LogP contribution in [0.25, 0.3) is 11.0 Å². The minimum Gasteiger partial charge on any atom is -0.481 e. The van der Waals surface area contributed by atoms with Crippen molar-refractivity contribution in [3.05, 3.63) is 64.4 Å². The Bertz CT molecular complexity index is 1350. The fraction of sp³-hybridized carbons (Fsp3) is 0.346. The second-order valence-corrected chi connectivity index (χ2v) is 9.65. The van der Waals surface area contributed by atoms with E-state index in [1.807, 2.05) is 38.1 Å². The van der Waals surface area contributed by atoms with Crippen molar-refractivity contribution in [2.24, 2.45) is 10.9 Å². The van der Waals surface area contributed by atoms with Gasteiger partial charge in [0.2, 0.25) is 12.3 Å². The lowest BCUT2D eigenvalue weighted by atomic mass is 9.79. The molecule has 5 rings (SSSR count). The minimum absolute atomic E-state index is 0.198. The topological polar surface area (TPSA) is 119 Å². The molecule has 9 nitrogen and oxygen atoms in total. The Balaban J connectivity index is 1.48. The van der Waals surface area contributed by atoms with Crippen molar-refractivity contribution in [2.45, 2.75) is 52.0 Å². The van der Waals surface area contributed by atoms with Crippen LogP contribution in [0.15, 0.2) is 51.9 Å². The quantitative estimate of drug-likeness (QED) is 0.445. The van der Waals surface area contributed by atoms with Crippen LogP contribution in [0.5, 0.6) is 0 Å². The summed E-state index contributed by atoms with van der Waals surface area (Å²) in [5.41, 5.74) is 3.27. The highest BCUT2D eigenvalue weighted by Gasteiger charge is 2.47. The van der Waals surface area contributed by atoms with Gasteiger partial charge < -0.3 is 14.6 Å². The van der Waals surface area contributed by atoms with E-state index >= 15 is 0 Å². The van der Waals surface area contributed by atoms with Gasteiger partial charge in [-0.05, 0) is 61.2 Å². The SMILES string of the molecule is CCc1oc2ccc(N=C3NC(=O)N(C4CC(C(=O)O)C4)C(O)N3Cc3ccc(Cl)cc3)cc2c1C. The molecule has 1 unspecified atom stereocenters. The van der Waals surface area contributed by atoms with Crippen LogP contribution in [0.1, 0.15) is 36.7 Å². The molecule has 1 saturated heterocycles. The molecule has 36 heavy (non-hydrogen) atoms. The zero-order valence-electron chi connectivity index (χ0n) is 19.9. The lowest BCUT2D eigenvalue weighted by molar-refractivity contribution is -0.152. The first-order valence-corrected chi connectivity index (χ1v) is 12.2. The number of carboxylic acid groups (broad SMARTS) is 1. The van der Waals surface area contributed by atoms with Crippen molar-refractivity contribution in [1.82, 2.24) is 15.1 Å². The van der Waals surface area contributed by atoms with Crippen LogP contribution in [0.4, 0.5) is 10.5 Å². The van der Waals surface area contributed by atoms with E-state index in [1.165, 1.54) is 4.90 Å². The molecule has 0 bridgehead atoms. The fourth-order valence-corrected chi connectivity index (χ4v) is 4.92. The Labute approximate surface area is 213 Å². The molecular weight excluding hydrogens is 484 g/mol. The Hall–Kier alpha value is -3.56. The summed E-state index contributed by atoms with van der Waals surface area (Å²) in [7, 11) is 0. The summed E-state index contributed by atoms with van der Waals surface area (Å²) in [5.74, 6) is -0.303. The maximum atomic E-state index is 13.0. The van der Waals surface area contributed by atoms with E-state index in [-0.39, 0.29) is 31.4 Å². The van der Waals surface area contributed by atoms with Crippen LogP contribution in [0, 0.1) is 12.8 Å². The molecule has 2 amide bonds. The maximum Gasteiger partial charge on any atom is 0.327 e. The fourth-order valence-electron chi connectivity index (χ4n) is 4.79. The Morgan fingerprint density at radius 1 is 1.22 bits per heavy atom. The number of fused-ring (bicyclic) bond motifs is 1. The lowest BCUT2D eigenvalue weighted by Gasteiger charge is -2.49. The number of aliphatic carboxylic acids is 1. The van der Waals surface area contributed by atoms with E-state index in [9.17, 15) is 19.8 Å². The highest BCUT2D eigenvalue weighted by Crippen LogP contribution is 2.35. The highest BCUT2D eigenvalue weighted by molar-refractivity contribution is 6.30. The standard InChI is InChI=1S/C26H27ClN4O5/c1-3-21-14(2)20-12-18(8-9-22(20)36-21)28-24-29-25(34)31(19-10-16(11-19)23(32)33)26(35)30(24)13-15-4-6-17(27)7-5-15/h4-9,12,16,19,26,35H,3,10-11,13H2,1-2H3,(H,32,33)(H,28,29,34). The number of halogens is 1. The summed E-state index contributed by atoms with van der Waals surface area (Å²) < 4.78 is 5.89. The number of guanidine groups is 1. The molecule has 0 radical (unpaired) electrons. The number of furan rings is 1. The summed E-state index contributed by atoms with van der Waals surface area (Å²) in [6, 6.07) is 11.8. The number of rotatable bonds is 6. The molecule has 0 spiro atoms. The van der Waals surface area contributed by atoms with Crippen molar-refractivity contribution in [3.8, 4) is 0 Å². The first-order chi connectivity index (χ1) is 17.2. The van der Waals surface area contributed by atoms with Crippen molar-refractivity contribution in [3.63, 3.8) is 0 Å². The average Bonchev–Trinajstić information content (AvgIpc) is 3.13. The van der Waals surface area contributed by atoms with E-state index < -0.39 is 24.3 Å². The molecule has 3 N–H and O–H groups in total. The predicted octanol–water partition coefficient (Wildman–Crippen LogP) is 4.61. The number of aryl methyl sites for hydroxylation is 2. The smallest absolute Gasteiger partial charge is 0.327 e. The Kier molecular flexibility index (Phi) is 6.36. The van der Waals surface area contributed by atoms with E-state index in [0.717, 1.165) is 34.3 Å². The maximum absolute atomic E-state index is 13.0. The van der Waals surface area contributed by atoms with E-state index in [4.69, 9.17) is 16.0 Å². The zero-order chi connectivity index (χ0) is 25.6. The molecule has 1 saturated carbocycles. The van der Waals surface area contributed by atoms with Gasteiger partial charge >= 0.3 is 12.0 Å². The number of nitrogens with one attached hydrogen (secondary N) is 1. The van der Waals surface area contributed by atoms with Crippen LogP contribution >= 0.6 is 11.6 Å². The van der Waals surface area contributed by atoms with Gasteiger partial charge in [-0.15, -0.1) is 0 Å². The molecule has 2 heterocycles. The third kappa shape index (κ3) is 4.40. The summed E-state index contributed by atoms with van der Waals surface area (Å²) in [6.45, 7) is 4.28. The van der Waals surface area contributed by atoms with Crippen molar-refractivity contribution in [2.75, 3.05) is 0 Å². The van der Waals surface area contributed by atoms with Crippen molar-refractivity contribution in [1.29, 1.82) is 0 Å². The number of carbonyl (C=O) groups excluding carboxylic acids is 1. The van der Waals surface area contributed by atoms with Crippen LogP contribution in [-0.2, 0) is 17.8 Å². The van der Waals surface area contributed by atoms with Gasteiger partial charge in [0, 0.05) is 22.9 Å². The molecule has 2 aliphatic rings. The summed E-state index contributed by atoms with van der Waals surface area (Å²) in [6.07, 6.45) is 0.0365. The van der Waals surface area contributed by atoms with Gasteiger partial charge in [0.1, 0.15) is 11.3 Å². The number of hydrogen-bond donors (Lipinski definition) is 3. The van der Waals surface area contributed by atoms with Gasteiger partial charge in [0.05, 0.1) is 18.2 Å². The molecule has 1 aliphatic heterocycles. The molecule has 2 fully saturated rings. The van der Waals surface area contributed by atoms with Crippen molar-refractivity contribution >= 4 is 46.2 Å². The van der Waals surface area contributed by atoms with E-state index in [1.54, 1.807) is 23.1 Å². The summed E-state index contributed by atoms with van der Waals surface area (Å²) >= 11 is 6.03. The predicted molar refractivity (Wildman–Crippen MR) is 135 cm³/mol. The first-order valence-electron chi connectivity index (χ1n) is 11.9. The molecule has 2 aromatic carbocycles. The second-order valence-electron chi connectivity index (χ2n) is 9.22. The molecule has 3 aromatic rings. The number of urea groups is 1. The van der Waals surface area contributed by atoms with E-state index in [2.05, 4.69) is 10.3 Å². The first kappa shape index (κ1) is 24.1. The van der Waals surface area contributed by atoms with E-state index in [0.29, 0.717) is 10.7 Å². The number of carbonyl (C=O) groups is 2. The van der Waals surface area contributed by atoms with Gasteiger partial charge in [-0.2, -0.15) is 0 Å². The molecular formula is C26H27ClN4O5. The highest BCUT2D eigenvalue weighted by atomic mass is 35.5. The number of hydrogen-bond acceptors (Lipinski definition) is 5. The third-order valence-corrected chi connectivity index (χ3v) is 7.20. The molecule has 10 heteroatoms. The number of aliphatic hydroxyl groups excluding tert-OH is 1. The molecule has 1 aromatic heterocycles. The molecule has 188 valence electrons. The minimum atomic E-state index is -1.32. The number of amides is 2. The third-order valence-electron chi connectivity index (χ3n) is 6.95. The summed E-state index contributed by atoms with van der Waals surface area (Å²) in [5, 5.41) is 24.9.